The maximum atomic E-state index is 14.0. The molecule has 2 aromatic rings. The van der Waals surface area contributed by atoms with Gasteiger partial charge in [0, 0.05) is 37.2 Å². The van der Waals surface area contributed by atoms with Crippen molar-refractivity contribution in [2.24, 2.45) is 0 Å². The Morgan fingerprint density at radius 2 is 1.60 bits per heavy atom. The lowest BCUT2D eigenvalue weighted by atomic mass is 9.92. The fourth-order valence-electron chi connectivity index (χ4n) is 6.52. The Balaban J connectivity index is 1.33. The van der Waals surface area contributed by atoms with Gasteiger partial charge >= 0.3 is 12.3 Å². The molecule has 0 unspecified atom stereocenters. The predicted molar refractivity (Wildman–Crippen MR) is 154 cm³/mol. The number of nitrogens with zero attached hydrogens (tertiary/aromatic N) is 3. The van der Waals surface area contributed by atoms with Gasteiger partial charge in [0.15, 0.2) is 0 Å². The molecule has 3 fully saturated rings. The zero-order chi connectivity index (χ0) is 29.9. The summed E-state index contributed by atoms with van der Waals surface area (Å²) in [6.45, 7) is 2.44. The second kappa shape index (κ2) is 13.1. The first-order chi connectivity index (χ1) is 20.0. The minimum atomic E-state index is -4.57. The number of halogens is 4. The van der Waals surface area contributed by atoms with Crippen molar-refractivity contribution in [3.05, 3.63) is 64.7 Å². The van der Waals surface area contributed by atoms with Crippen molar-refractivity contribution in [1.82, 2.24) is 14.1 Å². The molecular formula is C30H37ClF3N3O4S. The number of hydrogen-bond donors (Lipinski definition) is 0. The van der Waals surface area contributed by atoms with Crippen LogP contribution in [0.3, 0.4) is 0 Å². The Bertz CT molecular complexity index is 1330. The normalized spacial score (nSPS) is 23.6. The Hall–Kier alpha value is -2.34. The summed E-state index contributed by atoms with van der Waals surface area (Å²) < 4.78 is 75.6. The van der Waals surface area contributed by atoms with Crippen LogP contribution in [-0.4, -0.2) is 73.5 Å². The largest absolute Gasteiger partial charge is 0.448 e. The van der Waals surface area contributed by atoms with Crippen LogP contribution >= 0.6 is 11.6 Å². The van der Waals surface area contributed by atoms with Crippen molar-refractivity contribution in [3.8, 4) is 0 Å². The van der Waals surface area contributed by atoms with Crippen molar-refractivity contribution < 1.29 is 31.1 Å². The van der Waals surface area contributed by atoms with Crippen molar-refractivity contribution in [2.75, 3.05) is 32.8 Å². The monoisotopic (exact) mass is 627 g/mol. The van der Waals surface area contributed by atoms with Crippen LogP contribution in [0.1, 0.15) is 68.5 Å². The summed E-state index contributed by atoms with van der Waals surface area (Å²) in [7, 11) is -4.18. The van der Waals surface area contributed by atoms with E-state index in [2.05, 4.69) is 4.90 Å². The van der Waals surface area contributed by atoms with E-state index in [-0.39, 0.29) is 17.1 Å². The van der Waals surface area contributed by atoms with Crippen LogP contribution in [0.5, 0.6) is 0 Å². The quantitative estimate of drug-likeness (QED) is 0.355. The van der Waals surface area contributed by atoms with E-state index < -0.39 is 39.9 Å². The molecule has 0 N–H and O–H groups in total. The van der Waals surface area contributed by atoms with E-state index in [4.69, 9.17) is 16.3 Å². The molecule has 2 aliphatic heterocycles. The average Bonchev–Trinajstić information content (AvgIpc) is 3.00. The van der Waals surface area contributed by atoms with Gasteiger partial charge in [0.1, 0.15) is 6.61 Å². The number of rotatable bonds is 6. The summed E-state index contributed by atoms with van der Waals surface area (Å²) in [5.41, 5.74) is -0.595. The van der Waals surface area contributed by atoms with Crippen LogP contribution in [-0.2, 0) is 20.9 Å². The van der Waals surface area contributed by atoms with Crippen LogP contribution in [0, 0.1) is 0 Å². The number of amides is 1. The van der Waals surface area contributed by atoms with Crippen LogP contribution in [0.25, 0.3) is 0 Å². The van der Waals surface area contributed by atoms with Gasteiger partial charge in [-0.2, -0.15) is 17.5 Å². The molecular weight excluding hydrogens is 591 g/mol. The van der Waals surface area contributed by atoms with Crippen LogP contribution in [0.15, 0.2) is 53.4 Å². The summed E-state index contributed by atoms with van der Waals surface area (Å²) in [5, 5.41) is 0.357. The highest BCUT2D eigenvalue weighted by Crippen LogP contribution is 2.41. The molecule has 2 aromatic carbocycles. The molecule has 1 saturated carbocycles. The Morgan fingerprint density at radius 1 is 0.905 bits per heavy atom. The second-order valence-electron chi connectivity index (χ2n) is 11.4. The zero-order valence-electron chi connectivity index (χ0n) is 23.4. The number of ether oxygens (including phenoxy) is 1. The van der Waals surface area contributed by atoms with E-state index in [0.717, 1.165) is 25.2 Å². The van der Waals surface area contributed by atoms with Gasteiger partial charge in [-0.25, -0.2) is 13.2 Å². The molecule has 2 heterocycles. The molecule has 0 spiro atoms. The first-order valence-electron chi connectivity index (χ1n) is 14.7. The Morgan fingerprint density at radius 3 is 2.26 bits per heavy atom. The van der Waals surface area contributed by atoms with Crippen molar-refractivity contribution >= 4 is 27.7 Å². The summed E-state index contributed by atoms with van der Waals surface area (Å²) >= 11 is 5.99. The van der Waals surface area contributed by atoms with Gasteiger partial charge in [-0.15, -0.1) is 0 Å². The molecule has 2 atom stereocenters. The summed E-state index contributed by atoms with van der Waals surface area (Å²) in [6.07, 6.45) is 2.39. The molecule has 7 nitrogen and oxygen atoms in total. The summed E-state index contributed by atoms with van der Waals surface area (Å²) in [4.78, 5) is 17.2. The minimum absolute atomic E-state index is 0.0269. The van der Waals surface area contributed by atoms with E-state index in [9.17, 15) is 26.4 Å². The van der Waals surface area contributed by atoms with Gasteiger partial charge in [-0.05, 0) is 74.1 Å². The Labute approximate surface area is 250 Å². The minimum Gasteiger partial charge on any atom is -0.448 e. The maximum absolute atomic E-state index is 14.0. The molecule has 12 heteroatoms. The molecule has 0 bridgehead atoms. The lowest BCUT2D eigenvalue weighted by Gasteiger charge is -2.42. The number of carbonyl (C=O) groups excluding carboxylic acids is 1. The fourth-order valence-corrected chi connectivity index (χ4v) is 8.49. The Kier molecular flexibility index (Phi) is 9.71. The van der Waals surface area contributed by atoms with E-state index in [1.54, 1.807) is 4.90 Å². The molecule has 0 radical (unpaired) electrons. The molecule has 3 aliphatic rings. The first-order valence-corrected chi connectivity index (χ1v) is 16.5. The van der Waals surface area contributed by atoms with Gasteiger partial charge in [0.05, 0.1) is 22.5 Å². The van der Waals surface area contributed by atoms with Gasteiger partial charge < -0.3 is 9.64 Å². The molecule has 230 valence electrons. The molecule has 5 rings (SSSR count). The molecule has 42 heavy (non-hydrogen) atoms. The van der Waals surface area contributed by atoms with Gasteiger partial charge in [-0.1, -0.05) is 43.0 Å². The third-order valence-electron chi connectivity index (χ3n) is 8.73. The van der Waals surface area contributed by atoms with E-state index in [0.29, 0.717) is 43.4 Å². The van der Waals surface area contributed by atoms with E-state index >= 15 is 0 Å². The lowest BCUT2D eigenvalue weighted by Crippen LogP contribution is -2.53. The number of piperidine rings is 1. The number of hydrogen-bond acceptors (Lipinski definition) is 5. The SMILES string of the molecule is O=C(OC[C@H]1CCC[C@@H](c2cccc(C(F)(F)F)c2)N1S(=O)(=O)c1ccc(Cl)cc1)N1CCN(C2CCCCC2)CC1. The maximum Gasteiger partial charge on any atom is 0.416 e. The predicted octanol–water partition coefficient (Wildman–Crippen LogP) is 6.73. The zero-order valence-corrected chi connectivity index (χ0v) is 25.0. The highest BCUT2D eigenvalue weighted by atomic mass is 35.5. The molecule has 2 saturated heterocycles. The number of carbonyl (C=O) groups is 1. The topological polar surface area (TPSA) is 70.2 Å². The number of sulfonamides is 1. The average molecular weight is 628 g/mol. The van der Waals surface area contributed by atoms with Crippen LogP contribution in [0.2, 0.25) is 5.02 Å². The number of benzene rings is 2. The van der Waals surface area contributed by atoms with Gasteiger partial charge in [-0.3, -0.25) is 4.90 Å². The van der Waals surface area contributed by atoms with Crippen molar-refractivity contribution in [2.45, 2.75) is 80.6 Å². The number of piperazine rings is 1. The van der Waals surface area contributed by atoms with Crippen LogP contribution < -0.4 is 0 Å². The lowest BCUT2D eigenvalue weighted by molar-refractivity contribution is -0.137. The first kappa shape index (κ1) is 31.1. The third kappa shape index (κ3) is 7.06. The highest BCUT2D eigenvalue weighted by molar-refractivity contribution is 7.89. The van der Waals surface area contributed by atoms with E-state index in [1.807, 2.05) is 0 Å². The van der Waals surface area contributed by atoms with Gasteiger partial charge in [0.2, 0.25) is 10.0 Å². The molecule has 1 amide bonds. The summed E-state index contributed by atoms with van der Waals surface area (Å²) in [6, 6.07) is 9.43. The van der Waals surface area contributed by atoms with E-state index in [1.165, 1.54) is 72.8 Å². The summed E-state index contributed by atoms with van der Waals surface area (Å²) in [5.74, 6) is 0. The van der Waals surface area contributed by atoms with Gasteiger partial charge in [0.25, 0.3) is 0 Å². The standard InChI is InChI=1S/C30H37ClF3N3O4S/c31-24-12-14-27(15-13-24)42(39,40)37-26(10-5-11-28(37)22-6-4-7-23(20-22)30(32,33)34)21-41-29(38)36-18-16-35(17-19-36)25-8-2-1-3-9-25/h4,6-7,12-15,20,25-26,28H,1-3,5,8-11,16-19,21H2/t26-,28+/m1/s1. The number of alkyl halides is 3. The highest BCUT2D eigenvalue weighted by Gasteiger charge is 2.42. The second-order valence-corrected chi connectivity index (χ2v) is 13.7. The van der Waals surface area contributed by atoms with Crippen LogP contribution in [0.4, 0.5) is 18.0 Å². The smallest absolute Gasteiger partial charge is 0.416 e. The third-order valence-corrected chi connectivity index (χ3v) is 11.0. The van der Waals surface area contributed by atoms with Crippen molar-refractivity contribution in [3.63, 3.8) is 0 Å². The molecule has 1 aliphatic carbocycles. The van der Waals surface area contributed by atoms with Crippen molar-refractivity contribution in [1.29, 1.82) is 0 Å². The fraction of sp³-hybridized carbons (Fsp3) is 0.567. The molecule has 0 aromatic heterocycles.